The van der Waals surface area contributed by atoms with E-state index >= 15 is 0 Å². The van der Waals surface area contributed by atoms with Crippen LogP contribution in [0.25, 0.3) is 10.9 Å². The van der Waals surface area contributed by atoms with Crippen LogP contribution in [0.5, 0.6) is 0 Å². The lowest BCUT2D eigenvalue weighted by molar-refractivity contribution is 0.0799. The third kappa shape index (κ3) is 2.09. The highest BCUT2D eigenvalue weighted by molar-refractivity contribution is 5.85. The molecule has 0 fully saturated rings. The fraction of sp³-hybridized carbons (Fsp3) is 0.467. The van der Waals surface area contributed by atoms with Gasteiger partial charge in [0.05, 0.1) is 5.60 Å². The monoisotopic (exact) mass is 231 g/mol. The van der Waals surface area contributed by atoms with Gasteiger partial charge in [0.2, 0.25) is 0 Å². The van der Waals surface area contributed by atoms with Gasteiger partial charge in [0.15, 0.2) is 0 Å². The average molecular weight is 231 g/mol. The summed E-state index contributed by atoms with van der Waals surface area (Å²) in [7, 11) is 0. The van der Waals surface area contributed by atoms with Gasteiger partial charge in [-0.25, -0.2) is 0 Å². The molecule has 0 aliphatic heterocycles. The van der Waals surface area contributed by atoms with E-state index in [-0.39, 0.29) is 0 Å². The molecule has 0 aliphatic rings. The van der Waals surface area contributed by atoms with Crippen molar-refractivity contribution in [3.8, 4) is 0 Å². The maximum Gasteiger partial charge on any atom is 0.0861 e. The van der Waals surface area contributed by atoms with E-state index < -0.39 is 5.60 Å². The minimum absolute atomic E-state index is 0.399. The van der Waals surface area contributed by atoms with Crippen LogP contribution in [0.3, 0.4) is 0 Å². The summed E-state index contributed by atoms with van der Waals surface area (Å²) >= 11 is 0. The van der Waals surface area contributed by atoms with E-state index in [1.807, 2.05) is 13.8 Å². The molecule has 92 valence electrons. The predicted molar refractivity (Wildman–Crippen MR) is 72.3 cm³/mol. The molecule has 0 amide bonds. The lowest BCUT2D eigenvalue weighted by Gasteiger charge is -2.16. The van der Waals surface area contributed by atoms with Gasteiger partial charge in [-0.3, -0.25) is 0 Å². The number of aliphatic hydroxyl groups is 1. The second-order valence-electron chi connectivity index (χ2n) is 5.62. The second-order valence-corrected chi connectivity index (χ2v) is 5.62. The molecule has 0 saturated heterocycles. The van der Waals surface area contributed by atoms with Crippen LogP contribution in [0.15, 0.2) is 24.4 Å². The van der Waals surface area contributed by atoms with E-state index in [0.717, 1.165) is 10.9 Å². The highest BCUT2D eigenvalue weighted by atomic mass is 16.3. The summed E-state index contributed by atoms with van der Waals surface area (Å²) in [6, 6.07) is 6.81. The lowest BCUT2D eigenvalue weighted by Crippen LogP contribution is -2.14. The highest BCUT2D eigenvalue weighted by Gasteiger charge is 2.22. The van der Waals surface area contributed by atoms with Crippen molar-refractivity contribution in [3.63, 3.8) is 0 Å². The molecule has 0 spiro atoms. The Kier molecular flexibility index (Phi) is 2.78. The molecule has 0 bridgehead atoms. The number of benzene rings is 1. The maximum atomic E-state index is 10.3. The maximum absolute atomic E-state index is 10.3. The van der Waals surface area contributed by atoms with E-state index in [4.69, 9.17) is 0 Å². The number of fused-ring (bicyclic) bond motifs is 1. The largest absolute Gasteiger partial charge is 0.386 e. The molecule has 2 nitrogen and oxygen atoms in total. The zero-order valence-electron chi connectivity index (χ0n) is 11.3. The first-order chi connectivity index (χ1) is 7.80. The van der Waals surface area contributed by atoms with Crippen LogP contribution in [-0.2, 0) is 5.60 Å². The van der Waals surface area contributed by atoms with Gasteiger partial charge in [0.25, 0.3) is 0 Å². The van der Waals surface area contributed by atoms with E-state index in [0.29, 0.717) is 6.04 Å². The third-order valence-electron chi connectivity index (χ3n) is 3.20. The minimum atomic E-state index is -0.799. The van der Waals surface area contributed by atoms with Crippen LogP contribution in [0, 0.1) is 6.92 Å². The molecule has 1 aromatic heterocycles. The summed E-state index contributed by atoms with van der Waals surface area (Å²) in [6.45, 7) is 10.1. The quantitative estimate of drug-likeness (QED) is 0.836. The molecular formula is C15H21NO. The third-order valence-corrected chi connectivity index (χ3v) is 3.20. The topological polar surface area (TPSA) is 25.2 Å². The first kappa shape index (κ1) is 12.2. The molecular weight excluding hydrogens is 210 g/mol. The van der Waals surface area contributed by atoms with Crippen LogP contribution >= 0.6 is 0 Å². The molecule has 1 heterocycles. The lowest BCUT2D eigenvalue weighted by atomic mass is 9.97. The van der Waals surface area contributed by atoms with Gasteiger partial charge in [-0.15, -0.1) is 0 Å². The zero-order chi connectivity index (χ0) is 12.8. The number of aromatic nitrogens is 1. The highest BCUT2D eigenvalue weighted by Crippen LogP contribution is 2.32. The molecule has 0 radical (unpaired) electrons. The predicted octanol–water partition coefficient (Wildman–Crippen LogP) is 3.76. The van der Waals surface area contributed by atoms with E-state index in [1.54, 1.807) is 0 Å². The molecule has 0 atom stereocenters. The normalized spacial score (nSPS) is 12.6. The number of nitrogens with zero attached hydrogens (tertiary/aromatic N) is 1. The molecule has 1 N–H and O–H groups in total. The Morgan fingerprint density at radius 1 is 1.24 bits per heavy atom. The van der Waals surface area contributed by atoms with Gasteiger partial charge in [0, 0.05) is 28.7 Å². The Labute approximate surface area is 103 Å². The number of rotatable bonds is 2. The summed E-state index contributed by atoms with van der Waals surface area (Å²) in [6.07, 6.45) is 2.08. The van der Waals surface area contributed by atoms with E-state index in [1.165, 1.54) is 11.1 Å². The van der Waals surface area contributed by atoms with Crippen molar-refractivity contribution in [2.24, 2.45) is 0 Å². The summed E-state index contributed by atoms with van der Waals surface area (Å²) < 4.78 is 2.22. The van der Waals surface area contributed by atoms with Crippen molar-refractivity contribution in [3.05, 3.63) is 35.5 Å². The first-order valence-electron chi connectivity index (χ1n) is 6.15. The van der Waals surface area contributed by atoms with Gasteiger partial charge in [0.1, 0.15) is 0 Å². The van der Waals surface area contributed by atoms with Crippen LogP contribution in [0.1, 0.15) is 44.9 Å². The van der Waals surface area contributed by atoms with Crippen molar-refractivity contribution in [1.29, 1.82) is 0 Å². The fourth-order valence-electron chi connectivity index (χ4n) is 2.28. The molecule has 1 aromatic carbocycles. The zero-order valence-corrected chi connectivity index (χ0v) is 11.3. The number of hydrogen-bond donors (Lipinski definition) is 1. The smallest absolute Gasteiger partial charge is 0.0861 e. The van der Waals surface area contributed by atoms with Crippen LogP contribution in [-0.4, -0.2) is 9.67 Å². The van der Waals surface area contributed by atoms with Crippen LogP contribution in [0.2, 0.25) is 0 Å². The summed E-state index contributed by atoms with van der Waals surface area (Å²) in [5, 5.41) is 11.4. The summed E-state index contributed by atoms with van der Waals surface area (Å²) in [4.78, 5) is 0. The van der Waals surface area contributed by atoms with Gasteiger partial charge in [-0.1, -0.05) is 11.6 Å². The molecule has 0 unspecified atom stereocenters. The molecule has 0 saturated carbocycles. The van der Waals surface area contributed by atoms with E-state index in [9.17, 15) is 5.11 Å². The number of aryl methyl sites for hydroxylation is 1. The first-order valence-corrected chi connectivity index (χ1v) is 6.15. The van der Waals surface area contributed by atoms with Crippen LogP contribution in [0.4, 0.5) is 0 Å². The molecule has 2 heteroatoms. The van der Waals surface area contributed by atoms with E-state index in [2.05, 4.69) is 49.7 Å². The minimum Gasteiger partial charge on any atom is -0.386 e. The SMILES string of the molecule is Cc1ccc2c(c1)c(C(C)(C)O)cn2C(C)C. The molecule has 2 aromatic rings. The van der Waals surface area contributed by atoms with Crippen molar-refractivity contribution < 1.29 is 5.11 Å². The van der Waals surface area contributed by atoms with Gasteiger partial charge in [-0.05, 0) is 46.8 Å². The Morgan fingerprint density at radius 2 is 1.88 bits per heavy atom. The Morgan fingerprint density at radius 3 is 2.41 bits per heavy atom. The van der Waals surface area contributed by atoms with Crippen molar-refractivity contribution in [2.75, 3.05) is 0 Å². The fourth-order valence-corrected chi connectivity index (χ4v) is 2.28. The van der Waals surface area contributed by atoms with Gasteiger partial charge >= 0.3 is 0 Å². The van der Waals surface area contributed by atoms with Gasteiger partial charge in [-0.2, -0.15) is 0 Å². The Balaban J connectivity index is 2.80. The molecule has 0 aliphatic carbocycles. The summed E-state index contributed by atoms with van der Waals surface area (Å²) in [5.41, 5.74) is 2.63. The van der Waals surface area contributed by atoms with Gasteiger partial charge < -0.3 is 9.67 Å². The van der Waals surface area contributed by atoms with Crippen LogP contribution < -0.4 is 0 Å². The van der Waals surface area contributed by atoms with Crippen molar-refractivity contribution >= 4 is 10.9 Å². The Hall–Kier alpha value is -1.28. The second kappa shape index (κ2) is 3.88. The molecule has 17 heavy (non-hydrogen) atoms. The standard InChI is InChI=1S/C15H21NO/c1-10(2)16-9-13(15(4,5)17)12-8-11(3)6-7-14(12)16/h6-10,17H,1-5H3. The van der Waals surface area contributed by atoms with Crippen molar-refractivity contribution in [2.45, 2.75) is 46.3 Å². The average Bonchev–Trinajstić information content (AvgIpc) is 2.55. The van der Waals surface area contributed by atoms with Crippen molar-refractivity contribution in [1.82, 2.24) is 4.57 Å². The molecule has 2 rings (SSSR count). The number of hydrogen-bond acceptors (Lipinski definition) is 1. The Bertz CT molecular complexity index is 544. The summed E-state index contributed by atoms with van der Waals surface area (Å²) in [5.74, 6) is 0.